The summed E-state index contributed by atoms with van der Waals surface area (Å²) in [6.45, 7) is 0. The lowest BCUT2D eigenvalue weighted by atomic mass is 9.89. The first-order valence-corrected chi connectivity index (χ1v) is 8.62. The summed E-state index contributed by atoms with van der Waals surface area (Å²) in [5.41, 5.74) is 4.02. The molecule has 138 valence electrons. The van der Waals surface area contributed by atoms with E-state index in [1.165, 1.54) is 0 Å². The van der Waals surface area contributed by atoms with Crippen molar-refractivity contribution < 1.29 is 29.4 Å². The molecule has 0 aromatic heterocycles. The smallest absolute Gasteiger partial charge is 0.303 e. The SMILES string of the molecule is O=C(O)CCC(=O)c1ccc2c(c1C(=O)CCC(=O)O)Cc1ccccc1-2. The zero-order valence-electron chi connectivity index (χ0n) is 14.5. The van der Waals surface area contributed by atoms with Crippen LogP contribution in [0.25, 0.3) is 11.1 Å². The van der Waals surface area contributed by atoms with Crippen molar-refractivity contribution in [3.05, 3.63) is 58.7 Å². The summed E-state index contributed by atoms with van der Waals surface area (Å²) >= 11 is 0. The van der Waals surface area contributed by atoms with Crippen molar-refractivity contribution >= 4 is 23.5 Å². The molecule has 0 fully saturated rings. The van der Waals surface area contributed by atoms with Gasteiger partial charge in [0.2, 0.25) is 0 Å². The molecule has 0 radical (unpaired) electrons. The highest BCUT2D eigenvalue weighted by molar-refractivity contribution is 6.12. The quantitative estimate of drug-likeness (QED) is 0.592. The van der Waals surface area contributed by atoms with Crippen LogP contribution < -0.4 is 0 Å². The van der Waals surface area contributed by atoms with E-state index < -0.39 is 23.5 Å². The second kappa shape index (κ2) is 7.53. The first kappa shape index (κ1) is 18.5. The average molecular weight is 366 g/mol. The Labute approximate surface area is 155 Å². The van der Waals surface area contributed by atoms with Crippen molar-refractivity contribution in [2.45, 2.75) is 32.1 Å². The van der Waals surface area contributed by atoms with E-state index in [0.717, 1.165) is 16.7 Å². The van der Waals surface area contributed by atoms with Gasteiger partial charge in [0.25, 0.3) is 0 Å². The number of benzene rings is 2. The number of carbonyl (C=O) groups excluding carboxylic acids is 2. The summed E-state index contributed by atoms with van der Waals surface area (Å²) < 4.78 is 0. The highest BCUT2D eigenvalue weighted by Gasteiger charge is 2.28. The average Bonchev–Trinajstić information content (AvgIpc) is 3.01. The lowest BCUT2D eigenvalue weighted by Crippen LogP contribution is -2.14. The highest BCUT2D eigenvalue weighted by atomic mass is 16.4. The molecule has 0 atom stereocenters. The van der Waals surface area contributed by atoms with E-state index in [-0.39, 0.29) is 36.8 Å². The minimum atomic E-state index is -1.09. The predicted molar refractivity (Wildman–Crippen MR) is 97.1 cm³/mol. The van der Waals surface area contributed by atoms with Crippen LogP contribution in [-0.4, -0.2) is 33.7 Å². The first-order valence-electron chi connectivity index (χ1n) is 8.62. The molecule has 0 saturated carbocycles. The number of hydrogen-bond donors (Lipinski definition) is 2. The summed E-state index contributed by atoms with van der Waals surface area (Å²) in [6, 6.07) is 11.0. The normalized spacial score (nSPS) is 11.6. The van der Waals surface area contributed by atoms with Crippen molar-refractivity contribution in [3.8, 4) is 11.1 Å². The minimum absolute atomic E-state index is 0.179. The molecule has 1 aliphatic carbocycles. The zero-order chi connectivity index (χ0) is 19.6. The Kier molecular flexibility index (Phi) is 5.16. The summed E-state index contributed by atoms with van der Waals surface area (Å²) in [5, 5.41) is 17.7. The molecular formula is C21H18O6. The van der Waals surface area contributed by atoms with Gasteiger partial charge in [0.15, 0.2) is 11.6 Å². The van der Waals surface area contributed by atoms with Crippen LogP contribution in [0.5, 0.6) is 0 Å². The van der Waals surface area contributed by atoms with Crippen molar-refractivity contribution in [1.82, 2.24) is 0 Å². The van der Waals surface area contributed by atoms with E-state index in [1.807, 2.05) is 24.3 Å². The fourth-order valence-electron chi connectivity index (χ4n) is 3.46. The molecular weight excluding hydrogens is 348 g/mol. The van der Waals surface area contributed by atoms with Gasteiger partial charge in [-0.25, -0.2) is 0 Å². The molecule has 27 heavy (non-hydrogen) atoms. The molecule has 6 heteroatoms. The third-order valence-corrected chi connectivity index (χ3v) is 4.70. The van der Waals surface area contributed by atoms with E-state index in [2.05, 4.69) is 0 Å². The molecule has 2 aromatic rings. The molecule has 0 amide bonds. The number of aliphatic carboxylic acids is 2. The maximum absolute atomic E-state index is 12.8. The van der Waals surface area contributed by atoms with Gasteiger partial charge in [-0.1, -0.05) is 36.4 Å². The Morgan fingerprint density at radius 3 is 2.04 bits per heavy atom. The van der Waals surface area contributed by atoms with Crippen LogP contribution >= 0.6 is 0 Å². The third kappa shape index (κ3) is 3.79. The van der Waals surface area contributed by atoms with Crippen LogP contribution in [-0.2, 0) is 16.0 Å². The zero-order valence-corrected chi connectivity index (χ0v) is 14.5. The maximum Gasteiger partial charge on any atom is 0.303 e. The summed E-state index contributed by atoms with van der Waals surface area (Å²) in [5.74, 6) is -3.00. The molecule has 2 N–H and O–H groups in total. The van der Waals surface area contributed by atoms with Crippen molar-refractivity contribution in [3.63, 3.8) is 0 Å². The van der Waals surface area contributed by atoms with E-state index in [1.54, 1.807) is 12.1 Å². The number of carboxylic acids is 2. The molecule has 1 aliphatic rings. The summed E-state index contributed by atoms with van der Waals surface area (Å²) in [7, 11) is 0. The Morgan fingerprint density at radius 2 is 1.37 bits per heavy atom. The van der Waals surface area contributed by atoms with Crippen LogP contribution in [0.1, 0.15) is 57.5 Å². The van der Waals surface area contributed by atoms with Gasteiger partial charge in [0.1, 0.15) is 0 Å². The minimum Gasteiger partial charge on any atom is -0.481 e. The molecule has 0 saturated heterocycles. The van der Waals surface area contributed by atoms with E-state index >= 15 is 0 Å². The molecule has 3 rings (SSSR count). The second-order valence-electron chi connectivity index (χ2n) is 6.48. The fourth-order valence-corrected chi connectivity index (χ4v) is 3.46. The number of Topliss-reactive ketones (excluding diaryl/α,β-unsaturated/α-hetero) is 2. The van der Waals surface area contributed by atoms with Gasteiger partial charge in [-0.2, -0.15) is 0 Å². The Bertz CT molecular complexity index is 957. The van der Waals surface area contributed by atoms with E-state index in [4.69, 9.17) is 10.2 Å². The molecule has 2 aromatic carbocycles. The number of rotatable bonds is 8. The monoisotopic (exact) mass is 366 g/mol. The van der Waals surface area contributed by atoms with Gasteiger partial charge >= 0.3 is 11.9 Å². The molecule has 0 spiro atoms. The van der Waals surface area contributed by atoms with Crippen LogP contribution in [0.3, 0.4) is 0 Å². The summed E-state index contributed by atoms with van der Waals surface area (Å²) in [6.07, 6.45) is -0.571. The van der Waals surface area contributed by atoms with Gasteiger partial charge < -0.3 is 10.2 Å². The number of fused-ring (bicyclic) bond motifs is 3. The topological polar surface area (TPSA) is 109 Å². The van der Waals surface area contributed by atoms with Crippen LogP contribution in [0, 0.1) is 0 Å². The molecule has 0 heterocycles. The number of carbonyl (C=O) groups is 4. The molecule has 6 nitrogen and oxygen atoms in total. The van der Waals surface area contributed by atoms with Crippen LogP contribution in [0.2, 0.25) is 0 Å². The van der Waals surface area contributed by atoms with Gasteiger partial charge in [-0.3, -0.25) is 19.2 Å². The van der Waals surface area contributed by atoms with Gasteiger partial charge in [-0.05, 0) is 28.7 Å². The van der Waals surface area contributed by atoms with Crippen molar-refractivity contribution in [2.24, 2.45) is 0 Å². The molecule has 0 aliphatic heterocycles. The highest BCUT2D eigenvalue weighted by Crippen LogP contribution is 2.40. The van der Waals surface area contributed by atoms with Gasteiger partial charge in [0, 0.05) is 24.0 Å². The van der Waals surface area contributed by atoms with Crippen molar-refractivity contribution in [2.75, 3.05) is 0 Å². The Morgan fingerprint density at radius 1 is 0.741 bits per heavy atom. The number of carboxylic acid groups (broad SMARTS) is 2. The Balaban J connectivity index is 2.05. The lowest BCUT2D eigenvalue weighted by molar-refractivity contribution is -0.137. The predicted octanol–water partition coefficient (Wildman–Crippen LogP) is 3.35. The number of hydrogen-bond acceptors (Lipinski definition) is 4. The van der Waals surface area contributed by atoms with E-state index in [9.17, 15) is 19.2 Å². The standard InChI is InChI=1S/C21H18O6/c22-17(7-9-19(24)25)15-6-5-14-13-4-2-1-3-12(13)11-16(14)21(15)18(23)8-10-20(26)27/h1-6H,7-11H2,(H,24,25)(H,26,27). The van der Waals surface area contributed by atoms with Gasteiger partial charge in [0.05, 0.1) is 12.8 Å². The molecule has 0 unspecified atom stereocenters. The lowest BCUT2D eigenvalue weighted by Gasteiger charge is -2.13. The molecule has 0 bridgehead atoms. The maximum atomic E-state index is 12.8. The second-order valence-corrected chi connectivity index (χ2v) is 6.48. The van der Waals surface area contributed by atoms with Crippen molar-refractivity contribution in [1.29, 1.82) is 0 Å². The number of ketones is 2. The summed E-state index contributed by atoms with van der Waals surface area (Å²) in [4.78, 5) is 47.0. The van der Waals surface area contributed by atoms with Gasteiger partial charge in [-0.15, -0.1) is 0 Å². The first-order chi connectivity index (χ1) is 12.9. The van der Waals surface area contributed by atoms with Crippen LogP contribution in [0.15, 0.2) is 36.4 Å². The Hall–Kier alpha value is -3.28. The van der Waals surface area contributed by atoms with Crippen LogP contribution in [0.4, 0.5) is 0 Å². The largest absolute Gasteiger partial charge is 0.481 e. The van der Waals surface area contributed by atoms with E-state index in [0.29, 0.717) is 12.0 Å². The fraction of sp³-hybridized carbons (Fsp3) is 0.238. The third-order valence-electron chi connectivity index (χ3n) is 4.70.